The predicted octanol–water partition coefficient (Wildman–Crippen LogP) is 2.01. The minimum Gasteiger partial charge on any atom is -0.493 e. The maximum Gasteiger partial charge on any atom is 0.492 e. The summed E-state index contributed by atoms with van der Waals surface area (Å²) in [4.78, 5) is 30.2. The van der Waals surface area contributed by atoms with Gasteiger partial charge in [-0.3, -0.25) is 4.79 Å². The first-order valence-electron chi connectivity index (χ1n) is 9.01. The van der Waals surface area contributed by atoms with Gasteiger partial charge in [-0.05, 0) is 60.0 Å². The van der Waals surface area contributed by atoms with Crippen molar-refractivity contribution in [2.45, 2.75) is 65.3 Å². The maximum atomic E-state index is 12.1. The number of H-pyrrole nitrogens is 1. The van der Waals surface area contributed by atoms with Crippen LogP contribution in [0.1, 0.15) is 54.0 Å². The van der Waals surface area contributed by atoms with Crippen LogP contribution in [-0.2, 0) is 14.0 Å². The van der Waals surface area contributed by atoms with Crippen LogP contribution in [0.25, 0.3) is 6.08 Å². The molecule has 0 aromatic carbocycles. The SMILES string of the molecule is CC(C)(C)OC(=O)NCC(=Cc1c(O)nc[nH]c1=O)B1OC(C)(C)C(C)(C)O1. The number of carbonyl (C=O) groups excluding carboxylic acids is 1. The summed E-state index contributed by atoms with van der Waals surface area (Å²) in [5, 5.41) is 12.6. The van der Waals surface area contributed by atoms with E-state index in [1.807, 2.05) is 27.7 Å². The first-order chi connectivity index (χ1) is 12.7. The van der Waals surface area contributed by atoms with Gasteiger partial charge in [0.2, 0.25) is 5.88 Å². The molecule has 28 heavy (non-hydrogen) atoms. The Morgan fingerprint density at radius 1 is 1.32 bits per heavy atom. The van der Waals surface area contributed by atoms with E-state index in [4.69, 9.17) is 14.0 Å². The first kappa shape index (κ1) is 22.0. The molecule has 10 heteroatoms. The van der Waals surface area contributed by atoms with Crippen molar-refractivity contribution in [3.8, 4) is 5.88 Å². The molecule has 1 fully saturated rings. The quantitative estimate of drug-likeness (QED) is 0.669. The molecule has 1 saturated heterocycles. The van der Waals surface area contributed by atoms with Gasteiger partial charge in [0, 0.05) is 6.54 Å². The Hall–Kier alpha value is -2.33. The molecule has 9 nitrogen and oxygen atoms in total. The van der Waals surface area contributed by atoms with Crippen LogP contribution >= 0.6 is 0 Å². The molecule has 1 aromatic heterocycles. The van der Waals surface area contributed by atoms with Crippen LogP contribution < -0.4 is 10.9 Å². The van der Waals surface area contributed by atoms with Crippen molar-refractivity contribution in [3.05, 3.63) is 27.7 Å². The molecule has 0 atom stereocenters. The monoisotopic (exact) mass is 393 g/mol. The number of carbonyl (C=O) groups is 1. The van der Waals surface area contributed by atoms with Crippen LogP contribution in [0.3, 0.4) is 0 Å². The van der Waals surface area contributed by atoms with E-state index in [9.17, 15) is 14.7 Å². The molecular weight excluding hydrogens is 365 g/mol. The number of aromatic nitrogens is 2. The number of aromatic amines is 1. The van der Waals surface area contributed by atoms with Crippen LogP contribution in [0.5, 0.6) is 5.88 Å². The van der Waals surface area contributed by atoms with Crippen molar-refractivity contribution >= 4 is 19.3 Å². The summed E-state index contributed by atoms with van der Waals surface area (Å²) < 4.78 is 17.3. The minimum atomic E-state index is -0.834. The summed E-state index contributed by atoms with van der Waals surface area (Å²) in [6, 6.07) is 0. The highest BCUT2D eigenvalue weighted by molar-refractivity contribution is 6.56. The third kappa shape index (κ3) is 5.14. The van der Waals surface area contributed by atoms with Gasteiger partial charge in [0.15, 0.2) is 0 Å². The Morgan fingerprint density at radius 2 is 1.89 bits per heavy atom. The summed E-state index contributed by atoms with van der Waals surface area (Å²) in [6.07, 6.45) is 1.88. The summed E-state index contributed by atoms with van der Waals surface area (Å²) in [5.41, 5.74) is -2.05. The van der Waals surface area contributed by atoms with Gasteiger partial charge >= 0.3 is 13.2 Å². The van der Waals surface area contributed by atoms with Crippen LogP contribution in [0.4, 0.5) is 4.79 Å². The molecule has 3 N–H and O–H groups in total. The van der Waals surface area contributed by atoms with E-state index in [0.717, 1.165) is 6.33 Å². The van der Waals surface area contributed by atoms with Crippen LogP contribution in [0.2, 0.25) is 0 Å². The smallest absolute Gasteiger partial charge is 0.492 e. The third-order valence-electron chi connectivity index (χ3n) is 4.59. The molecule has 2 heterocycles. The first-order valence-corrected chi connectivity index (χ1v) is 9.01. The van der Waals surface area contributed by atoms with E-state index >= 15 is 0 Å². The number of hydrogen-bond acceptors (Lipinski definition) is 7. The summed E-state index contributed by atoms with van der Waals surface area (Å²) >= 11 is 0. The highest BCUT2D eigenvalue weighted by atomic mass is 16.7. The van der Waals surface area contributed by atoms with E-state index in [1.54, 1.807) is 20.8 Å². The fourth-order valence-corrected chi connectivity index (χ4v) is 2.40. The Labute approximate surface area is 164 Å². The van der Waals surface area contributed by atoms with Crippen molar-refractivity contribution < 1.29 is 23.9 Å². The molecule has 0 spiro atoms. The van der Waals surface area contributed by atoms with Crippen molar-refractivity contribution in [2.24, 2.45) is 0 Å². The number of alkyl carbamates (subject to hydrolysis) is 1. The number of hydrogen-bond donors (Lipinski definition) is 3. The van der Waals surface area contributed by atoms with Crippen LogP contribution in [0.15, 0.2) is 16.6 Å². The third-order valence-corrected chi connectivity index (χ3v) is 4.59. The molecule has 1 aromatic rings. The van der Waals surface area contributed by atoms with Crippen LogP contribution in [0, 0.1) is 0 Å². The van der Waals surface area contributed by atoms with Gasteiger partial charge in [-0.1, -0.05) is 0 Å². The van der Waals surface area contributed by atoms with Gasteiger partial charge in [-0.25, -0.2) is 9.78 Å². The maximum absolute atomic E-state index is 12.1. The fraction of sp³-hybridized carbons (Fsp3) is 0.611. The molecule has 1 amide bonds. The van der Waals surface area contributed by atoms with Gasteiger partial charge < -0.3 is 29.5 Å². The molecule has 0 bridgehead atoms. The number of aromatic hydroxyl groups is 1. The molecule has 1 aliphatic rings. The van der Waals surface area contributed by atoms with Gasteiger partial charge in [0.05, 0.1) is 17.5 Å². The Balaban J connectivity index is 2.33. The lowest BCUT2D eigenvalue weighted by molar-refractivity contribution is 0.00578. The van der Waals surface area contributed by atoms with Crippen molar-refractivity contribution in [3.63, 3.8) is 0 Å². The summed E-state index contributed by atoms with van der Waals surface area (Å²) in [5.74, 6) is -0.435. The zero-order chi connectivity index (χ0) is 21.3. The lowest BCUT2D eigenvalue weighted by Crippen LogP contribution is -2.41. The average molecular weight is 393 g/mol. The number of rotatable bonds is 4. The number of ether oxygens (including phenoxy) is 1. The Kier molecular flexibility index (Phi) is 5.96. The lowest BCUT2D eigenvalue weighted by Gasteiger charge is -2.32. The molecule has 0 saturated carbocycles. The van der Waals surface area contributed by atoms with Crippen molar-refractivity contribution in [2.75, 3.05) is 6.54 Å². The van der Waals surface area contributed by atoms with Crippen LogP contribution in [-0.4, -0.2) is 51.6 Å². The normalized spacial score (nSPS) is 18.8. The minimum absolute atomic E-state index is 0.0144. The Bertz CT molecular complexity index is 809. The second kappa shape index (κ2) is 7.59. The average Bonchev–Trinajstić information content (AvgIpc) is 2.72. The van der Waals surface area contributed by atoms with Gasteiger partial charge in [0.1, 0.15) is 11.2 Å². The highest BCUT2D eigenvalue weighted by Crippen LogP contribution is 2.38. The standard InChI is InChI=1S/C18H28BN3O6/c1-16(2,3)26-15(25)20-9-11(8-12-13(23)21-10-22-14(12)24)19-27-17(4,5)18(6,7)28-19/h8,10H,9H2,1-7H3,(H,20,25)(H2,21,22,23,24). The molecular formula is C18H28BN3O6. The van der Waals surface area contributed by atoms with E-state index in [1.165, 1.54) is 6.08 Å². The largest absolute Gasteiger partial charge is 0.493 e. The number of nitrogens with zero attached hydrogens (tertiary/aromatic N) is 1. The van der Waals surface area contributed by atoms with Gasteiger partial charge in [-0.15, -0.1) is 0 Å². The predicted molar refractivity (Wildman–Crippen MR) is 105 cm³/mol. The van der Waals surface area contributed by atoms with Crippen molar-refractivity contribution in [1.29, 1.82) is 0 Å². The topological polar surface area (TPSA) is 123 Å². The van der Waals surface area contributed by atoms with Gasteiger partial charge in [-0.2, -0.15) is 0 Å². The molecule has 154 valence electrons. The zero-order valence-electron chi connectivity index (χ0n) is 17.4. The molecule has 1 aliphatic heterocycles. The van der Waals surface area contributed by atoms with E-state index < -0.39 is 41.5 Å². The summed E-state index contributed by atoms with van der Waals surface area (Å²) in [7, 11) is -0.834. The highest BCUT2D eigenvalue weighted by Gasteiger charge is 2.52. The van der Waals surface area contributed by atoms with E-state index in [0.29, 0.717) is 5.47 Å². The van der Waals surface area contributed by atoms with Gasteiger partial charge in [0.25, 0.3) is 5.56 Å². The molecule has 2 rings (SSSR count). The zero-order valence-corrected chi connectivity index (χ0v) is 17.4. The van der Waals surface area contributed by atoms with E-state index in [-0.39, 0.29) is 12.1 Å². The second-order valence-electron chi connectivity index (χ2n) is 8.63. The molecule has 0 radical (unpaired) electrons. The molecule has 0 aliphatic carbocycles. The summed E-state index contributed by atoms with van der Waals surface area (Å²) in [6.45, 7) is 12.8. The number of nitrogens with one attached hydrogen (secondary N) is 2. The van der Waals surface area contributed by atoms with Crippen molar-refractivity contribution in [1.82, 2.24) is 15.3 Å². The second-order valence-corrected chi connectivity index (χ2v) is 8.63. The Morgan fingerprint density at radius 3 is 2.39 bits per heavy atom. The van der Waals surface area contributed by atoms with E-state index in [2.05, 4.69) is 15.3 Å². The molecule has 0 unspecified atom stereocenters. The number of amides is 1. The fourth-order valence-electron chi connectivity index (χ4n) is 2.40. The lowest BCUT2D eigenvalue weighted by atomic mass is 9.77.